The second kappa shape index (κ2) is 8.48. The number of carbonyl (C=O) groups excluding carboxylic acids is 1. The molecule has 2 heterocycles. The molecule has 2 N–H and O–H groups in total. The van der Waals surface area contributed by atoms with Crippen LogP contribution in [0.25, 0.3) is 29.3 Å². The third-order valence-corrected chi connectivity index (χ3v) is 4.48. The van der Waals surface area contributed by atoms with Gasteiger partial charge in [-0.25, -0.2) is 4.98 Å². The molecule has 0 radical (unpaired) electrons. The van der Waals surface area contributed by atoms with Crippen molar-refractivity contribution in [3.8, 4) is 5.75 Å². The van der Waals surface area contributed by atoms with Crippen molar-refractivity contribution in [2.24, 2.45) is 0 Å². The first-order valence-electron chi connectivity index (χ1n) is 9.34. The standard InChI is InChI=1S/C23H20N4O3/c1-15-23(20(30-27-15)12-9-16-7-10-17(29-2)11-8-16)26-22(28)14-13-21-24-18-5-3-4-6-19(18)25-21/h3-14H,1-2H3,(H,24,25)(H,26,28)/b12-9+,14-13+. The molecule has 0 atom stereocenters. The highest BCUT2D eigenvalue weighted by molar-refractivity contribution is 6.03. The van der Waals surface area contributed by atoms with E-state index in [9.17, 15) is 4.79 Å². The lowest BCUT2D eigenvalue weighted by molar-refractivity contribution is -0.111. The van der Waals surface area contributed by atoms with Gasteiger partial charge in [-0.2, -0.15) is 0 Å². The molecule has 0 unspecified atom stereocenters. The Bertz CT molecular complexity index is 1200. The van der Waals surface area contributed by atoms with Gasteiger partial charge in [0.1, 0.15) is 23.0 Å². The summed E-state index contributed by atoms with van der Waals surface area (Å²) in [6.45, 7) is 1.77. The van der Waals surface area contributed by atoms with Crippen LogP contribution in [0.2, 0.25) is 0 Å². The van der Waals surface area contributed by atoms with E-state index in [0.717, 1.165) is 22.3 Å². The number of aromatic amines is 1. The minimum absolute atomic E-state index is 0.305. The van der Waals surface area contributed by atoms with Gasteiger partial charge in [-0.3, -0.25) is 4.79 Å². The van der Waals surface area contributed by atoms with E-state index in [1.165, 1.54) is 6.08 Å². The number of nitrogens with zero attached hydrogens (tertiary/aromatic N) is 2. The van der Waals surface area contributed by atoms with Crippen molar-refractivity contribution in [1.82, 2.24) is 15.1 Å². The Morgan fingerprint density at radius 2 is 1.90 bits per heavy atom. The van der Waals surface area contributed by atoms with Gasteiger partial charge in [-0.05, 0) is 48.9 Å². The molecule has 4 rings (SSSR count). The number of amides is 1. The number of hydrogen-bond donors (Lipinski definition) is 2. The molecule has 7 heteroatoms. The summed E-state index contributed by atoms with van der Waals surface area (Å²) in [5.41, 5.74) is 3.84. The summed E-state index contributed by atoms with van der Waals surface area (Å²) in [5, 5.41) is 6.78. The van der Waals surface area contributed by atoms with Crippen molar-refractivity contribution in [3.63, 3.8) is 0 Å². The Morgan fingerprint density at radius 1 is 1.10 bits per heavy atom. The van der Waals surface area contributed by atoms with Crippen LogP contribution >= 0.6 is 0 Å². The lowest BCUT2D eigenvalue weighted by atomic mass is 10.2. The topological polar surface area (TPSA) is 93.0 Å². The Labute approximate surface area is 173 Å². The number of aromatic nitrogens is 3. The zero-order chi connectivity index (χ0) is 20.9. The van der Waals surface area contributed by atoms with Crippen LogP contribution in [0.5, 0.6) is 5.75 Å². The zero-order valence-corrected chi connectivity index (χ0v) is 16.5. The van der Waals surface area contributed by atoms with E-state index in [-0.39, 0.29) is 5.91 Å². The molecule has 2 aromatic carbocycles. The number of methoxy groups -OCH3 is 1. The van der Waals surface area contributed by atoms with Crippen molar-refractivity contribution < 1.29 is 14.1 Å². The average molecular weight is 400 g/mol. The Balaban J connectivity index is 1.46. The number of aryl methyl sites for hydroxylation is 1. The molecule has 0 bridgehead atoms. The number of nitrogens with one attached hydrogen (secondary N) is 2. The molecule has 2 aromatic heterocycles. The number of carbonyl (C=O) groups is 1. The van der Waals surface area contributed by atoms with Crippen LogP contribution in [-0.2, 0) is 4.79 Å². The van der Waals surface area contributed by atoms with Crippen molar-refractivity contribution in [1.29, 1.82) is 0 Å². The summed E-state index contributed by atoms with van der Waals surface area (Å²) < 4.78 is 10.5. The minimum atomic E-state index is -0.305. The van der Waals surface area contributed by atoms with E-state index >= 15 is 0 Å². The normalized spacial score (nSPS) is 11.5. The maximum absolute atomic E-state index is 12.4. The second-order valence-electron chi connectivity index (χ2n) is 6.58. The van der Waals surface area contributed by atoms with Gasteiger partial charge < -0.3 is 19.6 Å². The number of H-pyrrole nitrogens is 1. The summed E-state index contributed by atoms with van der Waals surface area (Å²) in [6, 6.07) is 15.3. The molecule has 0 aliphatic carbocycles. The third-order valence-electron chi connectivity index (χ3n) is 4.48. The zero-order valence-electron chi connectivity index (χ0n) is 16.5. The minimum Gasteiger partial charge on any atom is -0.497 e. The number of anilines is 1. The van der Waals surface area contributed by atoms with Gasteiger partial charge in [-0.1, -0.05) is 35.5 Å². The van der Waals surface area contributed by atoms with Gasteiger partial charge in [0, 0.05) is 6.08 Å². The first-order valence-corrected chi connectivity index (χ1v) is 9.34. The number of para-hydroxylation sites is 2. The summed E-state index contributed by atoms with van der Waals surface area (Å²) in [5.74, 6) is 1.55. The van der Waals surface area contributed by atoms with E-state index < -0.39 is 0 Å². The summed E-state index contributed by atoms with van der Waals surface area (Å²) in [4.78, 5) is 20.0. The number of imidazole rings is 1. The van der Waals surface area contributed by atoms with E-state index in [4.69, 9.17) is 9.26 Å². The van der Waals surface area contributed by atoms with Gasteiger partial charge in [0.15, 0.2) is 5.76 Å². The number of fused-ring (bicyclic) bond motifs is 1. The first-order chi connectivity index (χ1) is 14.6. The first kappa shape index (κ1) is 19.2. The molecule has 4 aromatic rings. The fourth-order valence-electron chi connectivity index (χ4n) is 2.91. The molecule has 0 saturated heterocycles. The quantitative estimate of drug-likeness (QED) is 0.458. The number of hydrogen-bond acceptors (Lipinski definition) is 5. The largest absolute Gasteiger partial charge is 0.497 e. The van der Waals surface area contributed by atoms with Crippen molar-refractivity contribution in [3.05, 3.63) is 77.4 Å². The molecule has 0 aliphatic rings. The number of ether oxygens (including phenoxy) is 1. The lowest BCUT2D eigenvalue weighted by Gasteiger charge is -2.01. The molecule has 1 amide bonds. The van der Waals surface area contributed by atoms with Crippen molar-refractivity contribution in [2.45, 2.75) is 6.92 Å². The highest BCUT2D eigenvalue weighted by Gasteiger charge is 2.12. The Hall–Kier alpha value is -4.13. The van der Waals surface area contributed by atoms with Gasteiger partial charge >= 0.3 is 0 Å². The number of rotatable bonds is 6. The fourth-order valence-corrected chi connectivity index (χ4v) is 2.91. The Morgan fingerprint density at radius 3 is 2.67 bits per heavy atom. The number of benzene rings is 2. The SMILES string of the molecule is COc1ccc(/C=C/c2onc(C)c2NC(=O)/C=C/c2nc3ccccc3[nH]2)cc1. The molecular formula is C23H20N4O3. The summed E-state index contributed by atoms with van der Waals surface area (Å²) in [6.07, 6.45) is 6.69. The Kier molecular flexibility index (Phi) is 5.43. The lowest BCUT2D eigenvalue weighted by Crippen LogP contribution is -2.09. The third kappa shape index (κ3) is 4.30. The predicted molar refractivity (Wildman–Crippen MR) is 117 cm³/mol. The molecule has 0 saturated carbocycles. The van der Waals surface area contributed by atoms with Crippen molar-refractivity contribution in [2.75, 3.05) is 12.4 Å². The van der Waals surface area contributed by atoms with Gasteiger partial charge in [0.05, 0.1) is 18.1 Å². The van der Waals surface area contributed by atoms with E-state index in [1.54, 1.807) is 26.2 Å². The van der Waals surface area contributed by atoms with Crippen molar-refractivity contribution >= 4 is 40.9 Å². The van der Waals surface area contributed by atoms with E-state index in [2.05, 4.69) is 20.4 Å². The van der Waals surface area contributed by atoms with Crippen LogP contribution in [0.4, 0.5) is 5.69 Å². The van der Waals surface area contributed by atoms with E-state index in [0.29, 0.717) is 23.0 Å². The maximum atomic E-state index is 12.4. The molecule has 0 aliphatic heterocycles. The van der Waals surface area contributed by atoms with Crippen LogP contribution in [0.1, 0.15) is 22.8 Å². The van der Waals surface area contributed by atoms with Crippen LogP contribution in [0.3, 0.4) is 0 Å². The highest BCUT2D eigenvalue weighted by atomic mass is 16.5. The van der Waals surface area contributed by atoms with Gasteiger partial charge in [0.2, 0.25) is 5.91 Å². The monoisotopic (exact) mass is 400 g/mol. The van der Waals surface area contributed by atoms with Gasteiger partial charge in [-0.15, -0.1) is 0 Å². The fraction of sp³-hybridized carbons (Fsp3) is 0.0870. The van der Waals surface area contributed by atoms with Crippen LogP contribution < -0.4 is 10.1 Å². The molecule has 0 fully saturated rings. The molecule has 7 nitrogen and oxygen atoms in total. The molecular weight excluding hydrogens is 380 g/mol. The van der Waals surface area contributed by atoms with Crippen LogP contribution in [0.15, 0.2) is 59.1 Å². The maximum Gasteiger partial charge on any atom is 0.248 e. The summed E-state index contributed by atoms with van der Waals surface area (Å²) >= 11 is 0. The predicted octanol–water partition coefficient (Wildman–Crippen LogP) is 4.69. The highest BCUT2D eigenvalue weighted by Crippen LogP contribution is 2.23. The molecule has 30 heavy (non-hydrogen) atoms. The second-order valence-corrected chi connectivity index (χ2v) is 6.58. The average Bonchev–Trinajstić information content (AvgIpc) is 3.34. The van der Waals surface area contributed by atoms with Gasteiger partial charge in [0.25, 0.3) is 0 Å². The molecule has 0 spiro atoms. The smallest absolute Gasteiger partial charge is 0.248 e. The van der Waals surface area contributed by atoms with Crippen LogP contribution in [0, 0.1) is 6.92 Å². The van der Waals surface area contributed by atoms with E-state index in [1.807, 2.05) is 54.6 Å². The van der Waals surface area contributed by atoms with Crippen LogP contribution in [-0.4, -0.2) is 28.1 Å². The molecule has 150 valence electrons. The summed E-state index contributed by atoms with van der Waals surface area (Å²) in [7, 11) is 1.62.